The monoisotopic (exact) mass is 409 g/mol. The predicted octanol–water partition coefficient (Wildman–Crippen LogP) is 4.38. The Balaban J connectivity index is 1.64. The Hall–Kier alpha value is -3.10. The molecule has 4 rings (SSSR count). The highest BCUT2D eigenvalue weighted by Crippen LogP contribution is 2.31. The number of ketones is 1. The molecule has 28 heavy (non-hydrogen) atoms. The Kier molecular flexibility index (Phi) is 5.14. The van der Waals surface area contributed by atoms with Crippen molar-refractivity contribution in [2.45, 2.75) is 5.16 Å². The SMILES string of the molecule is O=C(CSc1nnc(-c2cccs2)n1-c1ccccc1)c1ccc(O)cc1O. The third-order valence-electron chi connectivity index (χ3n) is 4.00. The summed E-state index contributed by atoms with van der Waals surface area (Å²) < 4.78 is 1.92. The molecule has 0 spiro atoms. The Labute approximate surface area is 169 Å². The fourth-order valence-corrected chi connectivity index (χ4v) is 4.24. The number of carbonyl (C=O) groups excluding carboxylic acids is 1. The first-order valence-electron chi connectivity index (χ1n) is 8.36. The number of aromatic hydroxyl groups is 2. The molecule has 6 nitrogen and oxygen atoms in total. The van der Waals surface area contributed by atoms with Crippen LogP contribution in [0.3, 0.4) is 0 Å². The Bertz CT molecular complexity index is 1110. The number of carbonyl (C=O) groups is 1. The third-order valence-corrected chi connectivity index (χ3v) is 5.80. The number of phenolic OH excluding ortho intramolecular Hbond substituents is 2. The third kappa shape index (κ3) is 3.64. The molecule has 0 saturated heterocycles. The Morgan fingerprint density at radius 3 is 2.57 bits per heavy atom. The van der Waals surface area contributed by atoms with E-state index in [1.807, 2.05) is 52.4 Å². The summed E-state index contributed by atoms with van der Waals surface area (Å²) in [6.07, 6.45) is 0. The minimum atomic E-state index is -0.261. The van der Waals surface area contributed by atoms with E-state index in [4.69, 9.17) is 0 Å². The smallest absolute Gasteiger partial charge is 0.196 e. The molecule has 0 radical (unpaired) electrons. The van der Waals surface area contributed by atoms with Gasteiger partial charge in [-0.15, -0.1) is 21.5 Å². The average Bonchev–Trinajstić information content (AvgIpc) is 3.36. The molecule has 2 aromatic heterocycles. The molecular formula is C20H15N3O3S2. The van der Waals surface area contributed by atoms with E-state index >= 15 is 0 Å². The second-order valence-electron chi connectivity index (χ2n) is 5.87. The Morgan fingerprint density at radius 2 is 1.86 bits per heavy atom. The standard InChI is InChI=1S/C20H15N3O3S2/c24-14-8-9-15(16(25)11-14)17(26)12-28-20-22-21-19(18-7-4-10-27-18)23(20)13-5-2-1-3-6-13/h1-11,24-25H,12H2. The molecular weight excluding hydrogens is 394 g/mol. The van der Waals surface area contributed by atoms with Gasteiger partial charge in [0.1, 0.15) is 11.5 Å². The molecule has 0 aliphatic heterocycles. The zero-order valence-electron chi connectivity index (χ0n) is 14.5. The van der Waals surface area contributed by atoms with Gasteiger partial charge in [0.25, 0.3) is 0 Å². The van der Waals surface area contributed by atoms with Crippen molar-refractivity contribution < 1.29 is 15.0 Å². The number of Topliss-reactive ketones (excluding diaryl/α,β-unsaturated/α-hetero) is 1. The van der Waals surface area contributed by atoms with Crippen molar-refractivity contribution in [2.75, 3.05) is 5.75 Å². The number of para-hydroxylation sites is 1. The highest BCUT2D eigenvalue weighted by Gasteiger charge is 2.19. The molecule has 8 heteroatoms. The number of rotatable bonds is 6. The second-order valence-corrected chi connectivity index (χ2v) is 7.76. The van der Waals surface area contributed by atoms with Gasteiger partial charge in [0.2, 0.25) is 0 Å². The van der Waals surface area contributed by atoms with Gasteiger partial charge in [0, 0.05) is 11.8 Å². The van der Waals surface area contributed by atoms with Crippen molar-refractivity contribution in [1.29, 1.82) is 0 Å². The summed E-state index contributed by atoms with van der Waals surface area (Å²) in [4.78, 5) is 13.5. The van der Waals surface area contributed by atoms with Crippen molar-refractivity contribution in [1.82, 2.24) is 14.8 Å². The maximum Gasteiger partial charge on any atom is 0.196 e. The van der Waals surface area contributed by atoms with E-state index in [0.717, 1.165) is 16.6 Å². The quantitative estimate of drug-likeness (QED) is 0.363. The van der Waals surface area contributed by atoms with E-state index in [1.54, 1.807) is 11.3 Å². The largest absolute Gasteiger partial charge is 0.508 e. The fraction of sp³-hybridized carbons (Fsp3) is 0.0500. The minimum absolute atomic E-state index is 0.0771. The van der Waals surface area contributed by atoms with Crippen LogP contribution in [0.5, 0.6) is 11.5 Å². The molecule has 0 bridgehead atoms. The van der Waals surface area contributed by atoms with E-state index < -0.39 is 0 Å². The molecule has 2 N–H and O–H groups in total. The van der Waals surface area contributed by atoms with Gasteiger partial charge in [-0.1, -0.05) is 36.0 Å². The molecule has 0 saturated carbocycles. The van der Waals surface area contributed by atoms with Crippen LogP contribution in [-0.4, -0.2) is 36.5 Å². The summed E-state index contributed by atoms with van der Waals surface area (Å²) in [5.74, 6) is 0.195. The summed E-state index contributed by atoms with van der Waals surface area (Å²) >= 11 is 2.81. The zero-order valence-corrected chi connectivity index (χ0v) is 16.2. The normalized spacial score (nSPS) is 10.9. The molecule has 140 valence electrons. The molecule has 0 atom stereocenters. The van der Waals surface area contributed by atoms with Gasteiger partial charge in [-0.05, 0) is 35.7 Å². The van der Waals surface area contributed by atoms with Crippen LogP contribution in [0, 0.1) is 0 Å². The Morgan fingerprint density at radius 1 is 1.04 bits per heavy atom. The summed E-state index contributed by atoms with van der Waals surface area (Å²) in [6.45, 7) is 0. The van der Waals surface area contributed by atoms with Crippen LogP contribution in [0.1, 0.15) is 10.4 Å². The summed E-state index contributed by atoms with van der Waals surface area (Å²) in [5.41, 5.74) is 1.06. The number of benzene rings is 2. The van der Waals surface area contributed by atoms with Crippen molar-refractivity contribution >= 4 is 28.9 Å². The number of aromatic nitrogens is 3. The summed E-state index contributed by atoms with van der Waals surface area (Å²) in [7, 11) is 0. The zero-order chi connectivity index (χ0) is 19.5. The lowest BCUT2D eigenvalue weighted by atomic mass is 10.1. The van der Waals surface area contributed by atoms with Crippen LogP contribution in [-0.2, 0) is 0 Å². The minimum Gasteiger partial charge on any atom is -0.508 e. The van der Waals surface area contributed by atoms with Gasteiger partial charge in [-0.25, -0.2) is 0 Å². The number of nitrogens with zero attached hydrogens (tertiary/aromatic N) is 3. The van der Waals surface area contributed by atoms with Crippen molar-refractivity contribution in [2.24, 2.45) is 0 Å². The van der Waals surface area contributed by atoms with Crippen molar-refractivity contribution in [3.8, 4) is 27.9 Å². The van der Waals surface area contributed by atoms with Gasteiger partial charge in [0.15, 0.2) is 16.8 Å². The van der Waals surface area contributed by atoms with E-state index in [9.17, 15) is 15.0 Å². The summed E-state index contributed by atoms with van der Waals surface area (Å²) in [6, 6.07) is 17.6. The van der Waals surface area contributed by atoms with E-state index in [0.29, 0.717) is 11.0 Å². The molecule has 0 aliphatic rings. The highest BCUT2D eigenvalue weighted by molar-refractivity contribution is 7.99. The molecule has 4 aromatic rings. The topological polar surface area (TPSA) is 88.2 Å². The maximum atomic E-state index is 12.5. The lowest BCUT2D eigenvalue weighted by molar-refractivity contribution is 0.102. The van der Waals surface area contributed by atoms with Crippen LogP contribution in [0.2, 0.25) is 0 Å². The number of thiophene rings is 1. The highest BCUT2D eigenvalue weighted by atomic mass is 32.2. The molecule has 0 unspecified atom stereocenters. The lowest BCUT2D eigenvalue weighted by Gasteiger charge is -2.09. The first-order chi connectivity index (χ1) is 13.6. The number of hydrogen-bond donors (Lipinski definition) is 2. The predicted molar refractivity (Wildman–Crippen MR) is 109 cm³/mol. The van der Waals surface area contributed by atoms with E-state index in [2.05, 4.69) is 10.2 Å². The van der Waals surface area contributed by atoms with Gasteiger partial charge >= 0.3 is 0 Å². The summed E-state index contributed by atoms with van der Waals surface area (Å²) in [5, 5.41) is 30.4. The molecule has 2 aromatic carbocycles. The van der Waals surface area contributed by atoms with Crippen LogP contribution in [0.15, 0.2) is 71.2 Å². The number of hydrogen-bond acceptors (Lipinski definition) is 7. The van der Waals surface area contributed by atoms with Crippen molar-refractivity contribution in [3.05, 3.63) is 71.6 Å². The van der Waals surface area contributed by atoms with Crippen LogP contribution in [0.25, 0.3) is 16.4 Å². The maximum absolute atomic E-state index is 12.5. The van der Waals surface area contributed by atoms with Gasteiger partial charge in [0.05, 0.1) is 16.2 Å². The molecule has 0 amide bonds. The van der Waals surface area contributed by atoms with Crippen LogP contribution < -0.4 is 0 Å². The van der Waals surface area contributed by atoms with Gasteiger partial charge in [-0.2, -0.15) is 0 Å². The fourth-order valence-electron chi connectivity index (χ4n) is 2.70. The molecule has 2 heterocycles. The van der Waals surface area contributed by atoms with Crippen LogP contribution >= 0.6 is 23.1 Å². The number of phenols is 2. The van der Waals surface area contributed by atoms with Crippen molar-refractivity contribution in [3.63, 3.8) is 0 Å². The van der Waals surface area contributed by atoms with Gasteiger partial charge < -0.3 is 10.2 Å². The molecule has 0 fully saturated rings. The second kappa shape index (κ2) is 7.87. The molecule has 0 aliphatic carbocycles. The van der Waals surface area contributed by atoms with E-state index in [-0.39, 0.29) is 28.6 Å². The van der Waals surface area contributed by atoms with E-state index in [1.165, 1.54) is 23.9 Å². The lowest BCUT2D eigenvalue weighted by Crippen LogP contribution is -2.05. The van der Waals surface area contributed by atoms with Crippen LogP contribution in [0.4, 0.5) is 0 Å². The first-order valence-corrected chi connectivity index (χ1v) is 10.2. The average molecular weight is 409 g/mol. The number of thioether (sulfide) groups is 1. The van der Waals surface area contributed by atoms with Gasteiger partial charge in [-0.3, -0.25) is 9.36 Å². The first kappa shape index (κ1) is 18.3.